The predicted octanol–water partition coefficient (Wildman–Crippen LogP) is 3.36. The van der Waals surface area contributed by atoms with Gasteiger partial charge in [0.1, 0.15) is 0 Å². The average Bonchev–Trinajstić information content (AvgIpc) is 2.48. The summed E-state index contributed by atoms with van der Waals surface area (Å²) in [4.78, 5) is 22.7. The maximum absolute atomic E-state index is 11.7. The van der Waals surface area contributed by atoms with E-state index in [1.807, 2.05) is 30.3 Å². The first-order chi connectivity index (χ1) is 10.1. The van der Waals surface area contributed by atoms with Gasteiger partial charge in [-0.05, 0) is 23.8 Å². The van der Waals surface area contributed by atoms with Crippen LogP contribution in [-0.2, 0) is 6.54 Å². The molecule has 0 radical (unpaired) electrons. The largest absolute Gasteiger partial charge is 0.478 e. The van der Waals surface area contributed by atoms with Crippen molar-refractivity contribution >= 4 is 29.3 Å². The Labute approximate surface area is 126 Å². The molecule has 6 heteroatoms. The van der Waals surface area contributed by atoms with Crippen LogP contribution in [0.25, 0.3) is 0 Å². The molecule has 2 amide bonds. The maximum Gasteiger partial charge on any atom is 0.337 e. The predicted molar refractivity (Wildman–Crippen MR) is 80.7 cm³/mol. The molecule has 0 fully saturated rings. The number of rotatable bonds is 4. The van der Waals surface area contributed by atoms with Crippen molar-refractivity contribution in [3.05, 3.63) is 64.7 Å². The summed E-state index contributed by atoms with van der Waals surface area (Å²) in [6.07, 6.45) is 0. The summed E-state index contributed by atoms with van der Waals surface area (Å²) in [5.41, 5.74) is 1.27. The van der Waals surface area contributed by atoms with Crippen molar-refractivity contribution in [2.75, 3.05) is 5.32 Å². The highest BCUT2D eigenvalue weighted by atomic mass is 35.5. The van der Waals surface area contributed by atoms with Crippen LogP contribution in [0.15, 0.2) is 48.5 Å². The van der Waals surface area contributed by atoms with Crippen LogP contribution < -0.4 is 10.6 Å². The number of nitrogens with one attached hydrogen (secondary N) is 2. The first kappa shape index (κ1) is 14.9. The number of carbonyl (C=O) groups is 2. The molecule has 2 aromatic rings. The quantitative estimate of drug-likeness (QED) is 0.810. The number of halogens is 1. The zero-order valence-electron chi connectivity index (χ0n) is 11.0. The summed E-state index contributed by atoms with van der Waals surface area (Å²) in [5, 5.41) is 14.3. The second-order valence-electron chi connectivity index (χ2n) is 4.29. The molecular weight excluding hydrogens is 292 g/mol. The fraction of sp³-hybridized carbons (Fsp3) is 0.0667. The molecule has 0 atom stereocenters. The average molecular weight is 305 g/mol. The van der Waals surface area contributed by atoms with Crippen molar-refractivity contribution in [3.63, 3.8) is 0 Å². The van der Waals surface area contributed by atoms with E-state index in [1.54, 1.807) is 0 Å². The SMILES string of the molecule is O=C(NCc1ccccc1)Nc1ccc(Cl)c(C(=O)O)c1. The van der Waals surface area contributed by atoms with Gasteiger partial charge in [-0.2, -0.15) is 0 Å². The lowest BCUT2D eigenvalue weighted by atomic mass is 10.2. The number of aromatic carboxylic acids is 1. The van der Waals surface area contributed by atoms with E-state index in [2.05, 4.69) is 10.6 Å². The monoisotopic (exact) mass is 304 g/mol. The number of carbonyl (C=O) groups excluding carboxylic acids is 1. The number of anilines is 1. The molecule has 0 bridgehead atoms. The highest BCUT2D eigenvalue weighted by molar-refractivity contribution is 6.33. The Morgan fingerprint density at radius 2 is 1.81 bits per heavy atom. The first-order valence-electron chi connectivity index (χ1n) is 6.18. The van der Waals surface area contributed by atoms with Crippen molar-refractivity contribution in [2.24, 2.45) is 0 Å². The molecule has 0 spiro atoms. The van der Waals surface area contributed by atoms with Gasteiger partial charge in [0.05, 0.1) is 10.6 Å². The number of benzene rings is 2. The van der Waals surface area contributed by atoms with E-state index < -0.39 is 12.0 Å². The Morgan fingerprint density at radius 1 is 1.10 bits per heavy atom. The molecule has 0 aromatic heterocycles. The van der Waals surface area contributed by atoms with E-state index in [-0.39, 0.29) is 10.6 Å². The second kappa shape index (κ2) is 6.76. The van der Waals surface area contributed by atoms with Crippen molar-refractivity contribution in [1.82, 2.24) is 5.32 Å². The lowest BCUT2D eigenvalue weighted by Crippen LogP contribution is -2.28. The molecule has 2 rings (SSSR count). The molecule has 108 valence electrons. The molecule has 0 unspecified atom stereocenters. The van der Waals surface area contributed by atoms with Gasteiger partial charge in [-0.1, -0.05) is 41.9 Å². The maximum atomic E-state index is 11.7. The van der Waals surface area contributed by atoms with Crippen molar-refractivity contribution < 1.29 is 14.7 Å². The summed E-state index contributed by atoms with van der Waals surface area (Å²) in [7, 11) is 0. The molecule has 3 N–H and O–H groups in total. The summed E-state index contributed by atoms with van der Waals surface area (Å²) in [6, 6.07) is 13.3. The van der Waals surface area contributed by atoms with Crippen molar-refractivity contribution in [3.8, 4) is 0 Å². The van der Waals surface area contributed by atoms with Gasteiger partial charge in [-0.3, -0.25) is 0 Å². The fourth-order valence-electron chi connectivity index (χ4n) is 1.72. The Hall–Kier alpha value is -2.53. The van der Waals surface area contributed by atoms with Crippen LogP contribution in [0.2, 0.25) is 5.02 Å². The lowest BCUT2D eigenvalue weighted by molar-refractivity contribution is 0.0697. The molecular formula is C15H13ClN2O3. The standard InChI is InChI=1S/C15H13ClN2O3/c16-13-7-6-11(8-12(13)14(19)20)18-15(21)17-9-10-4-2-1-3-5-10/h1-8H,9H2,(H,19,20)(H2,17,18,21). The van der Waals surface area contributed by atoms with E-state index >= 15 is 0 Å². The van der Waals surface area contributed by atoms with Crippen LogP contribution >= 0.6 is 11.6 Å². The normalized spacial score (nSPS) is 9.95. The Kier molecular flexibility index (Phi) is 4.79. The van der Waals surface area contributed by atoms with E-state index in [1.165, 1.54) is 18.2 Å². The number of urea groups is 1. The molecule has 21 heavy (non-hydrogen) atoms. The van der Waals surface area contributed by atoms with Gasteiger partial charge in [0, 0.05) is 12.2 Å². The molecule has 0 aliphatic carbocycles. The second-order valence-corrected chi connectivity index (χ2v) is 4.70. The van der Waals surface area contributed by atoms with Crippen LogP contribution in [0.3, 0.4) is 0 Å². The van der Waals surface area contributed by atoms with Crippen molar-refractivity contribution in [1.29, 1.82) is 0 Å². The fourth-order valence-corrected chi connectivity index (χ4v) is 1.92. The van der Waals surface area contributed by atoms with Gasteiger partial charge < -0.3 is 15.7 Å². The van der Waals surface area contributed by atoms with Crippen molar-refractivity contribution in [2.45, 2.75) is 6.54 Å². The van der Waals surface area contributed by atoms with Gasteiger partial charge in [0.15, 0.2) is 0 Å². The van der Waals surface area contributed by atoms with Gasteiger partial charge >= 0.3 is 12.0 Å². The highest BCUT2D eigenvalue weighted by Gasteiger charge is 2.10. The van der Waals surface area contributed by atoms with Crippen LogP contribution in [0.4, 0.5) is 10.5 Å². The molecule has 0 aliphatic rings. The Bertz CT molecular complexity index is 659. The van der Waals surface area contributed by atoms with Gasteiger partial charge in [0.25, 0.3) is 0 Å². The van der Waals surface area contributed by atoms with Crippen LogP contribution in [0.1, 0.15) is 15.9 Å². The third kappa shape index (κ3) is 4.22. The molecule has 0 saturated heterocycles. The zero-order valence-corrected chi connectivity index (χ0v) is 11.7. The minimum Gasteiger partial charge on any atom is -0.478 e. The number of carboxylic acids is 1. The Morgan fingerprint density at radius 3 is 2.48 bits per heavy atom. The van der Waals surface area contributed by atoms with Crippen LogP contribution in [0, 0.1) is 0 Å². The Balaban J connectivity index is 1.97. The van der Waals surface area contributed by atoms with E-state index in [4.69, 9.17) is 16.7 Å². The lowest BCUT2D eigenvalue weighted by Gasteiger charge is -2.09. The number of carboxylic acid groups (broad SMARTS) is 1. The first-order valence-corrected chi connectivity index (χ1v) is 6.55. The third-order valence-electron chi connectivity index (χ3n) is 2.75. The van der Waals surface area contributed by atoms with Crippen LogP contribution in [-0.4, -0.2) is 17.1 Å². The smallest absolute Gasteiger partial charge is 0.337 e. The molecule has 0 aliphatic heterocycles. The molecule has 2 aromatic carbocycles. The zero-order chi connectivity index (χ0) is 15.2. The minimum atomic E-state index is -1.15. The summed E-state index contributed by atoms with van der Waals surface area (Å²) in [6.45, 7) is 0.381. The summed E-state index contributed by atoms with van der Waals surface area (Å²) in [5.74, 6) is -1.15. The van der Waals surface area contributed by atoms with Gasteiger partial charge in [-0.25, -0.2) is 9.59 Å². The van der Waals surface area contributed by atoms with E-state index in [9.17, 15) is 9.59 Å². The molecule has 5 nitrogen and oxygen atoms in total. The topological polar surface area (TPSA) is 78.4 Å². The molecule has 0 heterocycles. The summed E-state index contributed by atoms with van der Waals surface area (Å²) < 4.78 is 0. The van der Waals surface area contributed by atoms with Crippen LogP contribution in [0.5, 0.6) is 0 Å². The van der Waals surface area contributed by atoms with E-state index in [0.717, 1.165) is 5.56 Å². The molecule has 0 saturated carbocycles. The number of amides is 2. The highest BCUT2D eigenvalue weighted by Crippen LogP contribution is 2.20. The number of hydrogen-bond donors (Lipinski definition) is 3. The third-order valence-corrected chi connectivity index (χ3v) is 3.08. The van der Waals surface area contributed by atoms with Gasteiger partial charge in [-0.15, -0.1) is 0 Å². The van der Waals surface area contributed by atoms with E-state index in [0.29, 0.717) is 12.2 Å². The summed E-state index contributed by atoms with van der Waals surface area (Å²) >= 11 is 5.76. The number of hydrogen-bond acceptors (Lipinski definition) is 2. The van der Waals surface area contributed by atoms with Gasteiger partial charge in [0.2, 0.25) is 0 Å². The minimum absolute atomic E-state index is 0.0578.